The fraction of sp³-hybridized carbons (Fsp3) is 0.800. The zero-order valence-corrected chi connectivity index (χ0v) is 9.31. The van der Waals surface area contributed by atoms with E-state index in [2.05, 4.69) is 18.3 Å². The third kappa shape index (κ3) is 5.15. The molecule has 0 unspecified atom stereocenters. The molecule has 0 saturated carbocycles. The maximum Gasteiger partial charge on any atom is -0.00156 e. The van der Waals surface area contributed by atoms with E-state index in [0.29, 0.717) is 0 Å². The van der Waals surface area contributed by atoms with Gasteiger partial charge in [0, 0.05) is 0 Å². The summed E-state index contributed by atoms with van der Waals surface area (Å²) in [7, 11) is 0. The molecule has 0 bridgehead atoms. The van der Waals surface area contributed by atoms with Crippen LogP contribution in [0.25, 0.3) is 0 Å². The Morgan fingerprint density at radius 3 is 2.67 bits per heavy atom. The molecule has 1 fully saturated rings. The molecule has 0 aliphatic carbocycles. The van der Waals surface area contributed by atoms with Gasteiger partial charge in [-0.3, -0.25) is 0 Å². The highest BCUT2D eigenvalue weighted by Crippen LogP contribution is 2.23. The number of hydrogen-bond acceptors (Lipinski definition) is 2. The molecule has 12 heavy (non-hydrogen) atoms. The van der Waals surface area contributed by atoms with Crippen LogP contribution >= 0.6 is 23.5 Å². The molecule has 1 saturated heterocycles. The molecule has 0 radical (unpaired) electrons. The SMILES string of the molecule is C=C1CCCCCSCCCS1. The quantitative estimate of drug-likeness (QED) is 0.584. The highest BCUT2D eigenvalue weighted by Gasteiger charge is 1.99. The Kier molecular flexibility index (Phi) is 6.05. The smallest absolute Gasteiger partial charge is 0.00156 e. The topological polar surface area (TPSA) is 0 Å². The van der Waals surface area contributed by atoms with Crippen molar-refractivity contribution in [1.82, 2.24) is 0 Å². The van der Waals surface area contributed by atoms with Crippen LogP contribution in [0, 0.1) is 0 Å². The fourth-order valence-corrected chi connectivity index (χ4v) is 3.26. The second-order valence-corrected chi connectivity index (χ2v) is 5.66. The molecule has 70 valence electrons. The maximum absolute atomic E-state index is 4.07. The Hall–Kier alpha value is 0.440. The summed E-state index contributed by atoms with van der Waals surface area (Å²) in [6.45, 7) is 4.07. The molecular weight excluding hydrogens is 184 g/mol. The van der Waals surface area contributed by atoms with Gasteiger partial charge in [-0.05, 0) is 47.8 Å². The molecule has 0 spiro atoms. The number of hydrogen-bond donors (Lipinski definition) is 0. The van der Waals surface area contributed by atoms with Crippen molar-refractivity contribution in [2.45, 2.75) is 32.1 Å². The molecule has 0 amide bonds. The van der Waals surface area contributed by atoms with Crippen LogP contribution in [-0.2, 0) is 0 Å². The van der Waals surface area contributed by atoms with Gasteiger partial charge in [-0.25, -0.2) is 0 Å². The van der Waals surface area contributed by atoms with Gasteiger partial charge in [0.1, 0.15) is 0 Å². The minimum Gasteiger partial charge on any atom is -0.162 e. The molecule has 0 aromatic heterocycles. The van der Waals surface area contributed by atoms with Crippen molar-refractivity contribution in [3.8, 4) is 0 Å². The fourth-order valence-electron chi connectivity index (χ4n) is 1.25. The van der Waals surface area contributed by atoms with Gasteiger partial charge < -0.3 is 0 Å². The molecule has 0 atom stereocenters. The summed E-state index contributed by atoms with van der Waals surface area (Å²) >= 11 is 4.10. The molecule has 2 heteroatoms. The molecule has 0 N–H and O–H groups in total. The molecule has 0 nitrogen and oxygen atoms in total. The third-order valence-corrected chi connectivity index (χ3v) is 4.24. The van der Waals surface area contributed by atoms with Crippen molar-refractivity contribution in [2.24, 2.45) is 0 Å². The Morgan fingerprint density at radius 1 is 0.917 bits per heavy atom. The first-order chi connectivity index (χ1) is 5.89. The molecule has 1 heterocycles. The van der Waals surface area contributed by atoms with Crippen LogP contribution < -0.4 is 0 Å². The Balaban J connectivity index is 2.17. The second kappa shape index (κ2) is 6.90. The van der Waals surface area contributed by atoms with E-state index >= 15 is 0 Å². The van der Waals surface area contributed by atoms with Crippen molar-refractivity contribution < 1.29 is 0 Å². The Morgan fingerprint density at radius 2 is 1.75 bits per heavy atom. The van der Waals surface area contributed by atoms with Crippen LogP contribution in [0.1, 0.15) is 32.1 Å². The van der Waals surface area contributed by atoms with Crippen LogP contribution in [0.15, 0.2) is 11.5 Å². The monoisotopic (exact) mass is 202 g/mol. The van der Waals surface area contributed by atoms with Crippen molar-refractivity contribution in [3.05, 3.63) is 11.5 Å². The average molecular weight is 202 g/mol. The van der Waals surface area contributed by atoms with Gasteiger partial charge in [0.2, 0.25) is 0 Å². The van der Waals surface area contributed by atoms with Gasteiger partial charge >= 0.3 is 0 Å². The minimum absolute atomic E-state index is 1.25. The van der Waals surface area contributed by atoms with Crippen LogP contribution in [0.4, 0.5) is 0 Å². The lowest BCUT2D eigenvalue weighted by Crippen LogP contribution is -1.85. The van der Waals surface area contributed by atoms with E-state index in [0.717, 1.165) is 0 Å². The first-order valence-corrected chi connectivity index (χ1v) is 6.92. The zero-order valence-electron chi connectivity index (χ0n) is 7.68. The van der Waals surface area contributed by atoms with E-state index in [9.17, 15) is 0 Å². The first kappa shape index (κ1) is 10.5. The molecular formula is C10H18S2. The molecule has 1 rings (SSSR count). The Labute approximate surface area is 84.6 Å². The van der Waals surface area contributed by atoms with Crippen LogP contribution in [0.3, 0.4) is 0 Å². The Bertz CT molecular complexity index is 118. The summed E-state index contributed by atoms with van der Waals surface area (Å²) in [5, 5.41) is 0. The molecule has 0 aromatic rings. The van der Waals surface area contributed by atoms with E-state index in [4.69, 9.17) is 0 Å². The lowest BCUT2D eigenvalue weighted by atomic mass is 10.2. The standard InChI is InChI=1S/C10H18S2/c1-10-6-3-2-4-7-11-8-5-9-12-10/h1-9H2. The van der Waals surface area contributed by atoms with Crippen LogP contribution in [0.2, 0.25) is 0 Å². The minimum atomic E-state index is 1.25. The van der Waals surface area contributed by atoms with Gasteiger partial charge in [0.25, 0.3) is 0 Å². The van der Waals surface area contributed by atoms with E-state index in [1.807, 2.05) is 11.8 Å². The van der Waals surface area contributed by atoms with Gasteiger partial charge in [-0.1, -0.05) is 13.0 Å². The van der Waals surface area contributed by atoms with Gasteiger partial charge in [0.05, 0.1) is 0 Å². The van der Waals surface area contributed by atoms with Crippen LogP contribution in [0.5, 0.6) is 0 Å². The normalized spacial score (nSPS) is 23.2. The van der Waals surface area contributed by atoms with Crippen molar-refractivity contribution in [3.63, 3.8) is 0 Å². The summed E-state index contributed by atoms with van der Waals surface area (Å²) in [5.74, 6) is 4.00. The third-order valence-electron chi connectivity index (χ3n) is 1.98. The van der Waals surface area contributed by atoms with E-state index in [1.54, 1.807) is 0 Å². The number of allylic oxidation sites excluding steroid dienone is 1. The second-order valence-electron chi connectivity index (χ2n) is 3.16. The van der Waals surface area contributed by atoms with Crippen molar-refractivity contribution >= 4 is 23.5 Å². The summed E-state index contributed by atoms with van der Waals surface area (Å²) < 4.78 is 0. The predicted octanol–water partition coefficient (Wildman–Crippen LogP) is 3.93. The largest absolute Gasteiger partial charge is 0.162 e. The molecule has 1 aliphatic rings. The maximum atomic E-state index is 4.07. The predicted molar refractivity (Wildman–Crippen MR) is 62.0 cm³/mol. The highest BCUT2D eigenvalue weighted by molar-refractivity contribution is 8.03. The van der Waals surface area contributed by atoms with Crippen LogP contribution in [-0.4, -0.2) is 17.3 Å². The van der Waals surface area contributed by atoms with Gasteiger partial charge in [-0.2, -0.15) is 11.8 Å². The van der Waals surface area contributed by atoms with Gasteiger partial charge in [-0.15, -0.1) is 11.8 Å². The van der Waals surface area contributed by atoms with Crippen molar-refractivity contribution in [2.75, 3.05) is 17.3 Å². The summed E-state index contributed by atoms with van der Waals surface area (Å²) in [6, 6.07) is 0. The van der Waals surface area contributed by atoms with E-state index < -0.39 is 0 Å². The lowest BCUT2D eigenvalue weighted by Gasteiger charge is -2.02. The average Bonchev–Trinajstić information content (AvgIpc) is 2.11. The van der Waals surface area contributed by atoms with Crippen molar-refractivity contribution in [1.29, 1.82) is 0 Å². The highest BCUT2D eigenvalue weighted by atomic mass is 32.2. The lowest BCUT2D eigenvalue weighted by molar-refractivity contribution is 0.732. The van der Waals surface area contributed by atoms with E-state index in [-0.39, 0.29) is 0 Å². The number of thioether (sulfide) groups is 2. The zero-order chi connectivity index (χ0) is 8.65. The summed E-state index contributed by atoms with van der Waals surface area (Å²) in [6.07, 6.45) is 6.76. The molecule has 0 aromatic carbocycles. The van der Waals surface area contributed by atoms with E-state index in [1.165, 1.54) is 54.3 Å². The summed E-state index contributed by atoms with van der Waals surface area (Å²) in [5.41, 5.74) is 0. The molecule has 1 aliphatic heterocycles. The summed E-state index contributed by atoms with van der Waals surface area (Å²) in [4.78, 5) is 1.40. The van der Waals surface area contributed by atoms with Gasteiger partial charge in [0.15, 0.2) is 0 Å². The number of rotatable bonds is 0. The first-order valence-electron chi connectivity index (χ1n) is 4.78.